The molecule has 0 saturated carbocycles. The van der Waals surface area contributed by atoms with Gasteiger partial charge in [-0.15, -0.1) is 0 Å². The number of alkyl halides is 1. The zero-order chi connectivity index (χ0) is 13.6. The number of rotatable bonds is 2. The van der Waals surface area contributed by atoms with E-state index in [0.29, 0.717) is 13.0 Å². The van der Waals surface area contributed by atoms with E-state index >= 15 is 0 Å². The highest BCUT2D eigenvalue weighted by Crippen LogP contribution is 2.47. The summed E-state index contributed by atoms with van der Waals surface area (Å²) < 4.78 is 41.7. The first-order chi connectivity index (χ1) is 9.08. The molecule has 2 heterocycles. The number of carboxylic acids is 1. The topological polar surface area (TPSA) is 65.0 Å². The molecule has 2 unspecified atom stereocenters. The van der Waals surface area contributed by atoms with E-state index in [1.807, 2.05) is 0 Å². The molecule has 2 aliphatic heterocycles. The highest BCUT2D eigenvalue weighted by atomic mass is 19.2. The number of hydrogen-bond acceptors (Lipinski definition) is 4. The van der Waals surface area contributed by atoms with Crippen LogP contribution >= 0.6 is 0 Å². The fraction of sp³-hybridized carbons (Fsp3) is 0.417. The summed E-state index contributed by atoms with van der Waals surface area (Å²) in [7, 11) is 0. The van der Waals surface area contributed by atoms with E-state index in [1.165, 1.54) is 0 Å². The Bertz CT molecular complexity index is 539. The van der Waals surface area contributed by atoms with Crippen molar-refractivity contribution in [1.82, 2.24) is 0 Å². The van der Waals surface area contributed by atoms with Crippen molar-refractivity contribution in [3.8, 4) is 11.5 Å². The Hall–Kier alpha value is -1.89. The summed E-state index contributed by atoms with van der Waals surface area (Å²) >= 11 is 0. The molecule has 2 aliphatic rings. The van der Waals surface area contributed by atoms with Crippen molar-refractivity contribution in [3.63, 3.8) is 0 Å². The Morgan fingerprint density at radius 2 is 2.21 bits per heavy atom. The monoisotopic (exact) mass is 272 g/mol. The summed E-state index contributed by atoms with van der Waals surface area (Å²) in [6.45, 7) is -1.62. The molecule has 1 N–H and O–H groups in total. The van der Waals surface area contributed by atoms with Crippen LogP contribution in [0, 0.1) is 5.82 Å². The van der Waals surface area contributed by atoms with Crippen molar-refractivity contribution in [2.45, 2.75) is 25.5 Å². The molecule has 7 heteroatoms. The third-order valence-electron chi connectivity index (χ3n) is 3.13. The largest absolute Gasteiger partial charge is 0.478 e. The molecule has 0 bridgehead atoms. The van der Waals surface area contributed by atoms with Crippen LogP contribution in [-0.4, -0.2) is 24.2 Å². The van der Waals surface area contributed by atoms with Crippen LogP contribution < -0.4 is 9.47 Å². The number of fused-ring (bicyclic) bond motifs is 1. The highest BCUT2D eigenvalue weighted by Gasteiger charge is 2.37. The zero-order valence-corrected chi connectivity index (χ0v) is 9.69. The summed E-state index contributed by atoms with van der Waals surface area (Å²) in [5.41, 5.74) is -0.538. The van der Waals surface area contributed by atoms with E-state index in [1.54, 1.807) is 0 Å². The minimum atomic E-state index is -2.06. The van der Waals surface area contributed by atoms with E-state index in [-0.39, 0.29) is 17.1 Å². The number of ether oxygens (including phenoxy) is 3. The summed E-state index contributed by atoms with van der Waals surface area (Å²) in [4.78, 5) is 11.2. The van der Waals surface area contributed by atoms with Crippen molar-refractivity contribution in [3.05, 3.63) is 23.0 Å². The van der Waals surface area contributed by atoms with E-state index < -0.39 is 30.0 Å². The lowest BCUT2D eigenvalue weighted by molar-refractivity contribution is -0.0661. The van der Waals surface area contributed by atoms with Gasteiger partial charge in [0.15, 0.2) is 11.5 Å². The molecule has 0 aromatic heterocycles. The van der Waals surface area contributed by atoms with Gasteiger partial charge in [-0.25, -0.2) is 9.18 Å². The van der Waals surface area contributed by atoms with Gasteiger partial charge in [-0.1, -0.05) is 0 Å². The second-order valence-electron chi connectivity index (χ2n) is 4.29. The number of hydrogen-bond donors (Lipinski definition) is 1. The molecule has 5 nitrogen and oxygen atoms in total. The van der Waals surface area contributed by atoms with Crippen molar-refractivity contribution in [2.75, 3.05) is 6.61 Å². The normalized spacial score (nSPS) is 24.7. The Balaban J connectivity index is 2.20. The molecule has 3 rings (SSSR count). The van der Waals surface area contributed by atoms with Crippen LogP contribution in [-0.2, 0) is 4.74 Å². The van der Waals surface area contributed by atoms with Crippen molar-refractivity contribution < 1.29 is 32.9 Å². The molecule has 0 spiro atoms. The van der Waals surface area contributed by atoms with E-state index in [2.05, 4.69) is 4.74 Å². The molecule has 1 saturated heterocycles. The zero-order valence-electron chi connectivity index (χ0n) is 9.69. The third-order valence-corrected chi connectivity index (χ3v) is 3.13. The summed E-state index contributed by atoms with van der Waals surface area (Å²) in [6.07, 6.45) is 0.621. The van der Waals surface area contributed by atoms with Crippen molar-refractivity contribution >= 4 is 5.97 Å². The molecule has 1 aromatic carbocycles. The minimum absolute atomic E-state index is 0.0140. The summed E-state index contributed by atoms with van der Waals surface area (Å²) in [5, 5.41) is 9.12. The second kappa shape index (κ2) is 4.34. The second-order valence-corrected chi connectivity index (χ2v) is 4.29. The maximum Gasteiger partial charge on any atom is 0.397 e. The van der Waals surface area contributed by atoms with Gasteiger partial charge in [0.05, 0.1) is 6.10 Å². The van der Waals surface area contributed by atoms with E-state index in [0.717, 1.165) is 12.5 Å². The first-order valence-corrected chi connectivity index (χ1v) is 5.76. The van der Waals surface area contributed by atoms with Crippen LogP contribution in [0.3, 0.4) is 0 Å². The van der Waals surface area contributed by atoms with E-state index in [4.69, 9.17) is 14.6 Å². The molecule has 0 radical (unpaired) electrons. The molecule has 1 aromatic rings. The third kappa shape index (κ3) is 1.90. The number of aromatic carboxylic acids is 1. The number of benzene rings is 1. The van der Waals surface area contributed by atoms with Crippen LogP contribution in [0.25, 0.3) is 0 Å². The van der Waals surface area contributed by atoms with Gasteiger partial charge in [0.1, 0.15) is 11.4 Å². The highest BCUT2D eigenvalue weighted by molar-refractivity contribution is 5.91. The Morgan fingerprint density at radius 3 is 2.84 bits per heavy atom. The van der Waals surface area contributed by atoms with Gasteiger partial charge >= 0.3 is 12.5 Å². The maximum atomic E-state index is 13.8. The molecule has 2 atom stereocenters. The lowest BCUT2D eigenvalue weighted by Gasteiger charge is -2.15. The van der Waals surface area contributed by atoms with Crippen LogP contribution in [0.5, 0.6) is 11.5 Å². The van der Waals surface area contributed by atoms with Gasteiger partial charge in [-0.2, -0.15) is 4.39 Å². The van der Waals surface area contributed by atoms with Gasteiger partial charge in [-0.3, -0.25) is 0 Å². The lowest BCUT2D eigenvalue weighted by atomic mass is 9.98. The molecule has 0 amide bonds. The molecule has 1 fully saturated rings. The van der Waals surface area contributed by atoms with Gasteiger partial charge in [0.2, 0.25) is 0 Å². The van der Waals surface area contributed by atoms with Gasteiger partial charge in [0, 0.05) is 18.2 Å². The molecule has 19 heavy (non-hydrogen) atoms. The number of carboxylic acid groups (broad SMARTS) is 1. The van der Waals surface area contributed by atoms with Gasteiger partial charge in [0.25, 0.3) is 0 Å². The quantitative estimate of drug-likeness (QED) is 0.895. The molecular formula is C12H10F2O5. The SMILES string of the molecule is O=C(O)c1c(F)cc2c(c1C1CCCO1)OC(F)O2. The molecule has 102 valence electrons. The van der Waals surface area contributed by atoms with Crippen LogP contribution in [0.2, 0.25) is 0 Å². The number of halogens is 2. The van der Waals surface area contributed by atoms with Crippen LogP contribution in [0.1, 0.15) is 34.9 Å². The predicted octanol–water partition coefficient (Wildman–Crippen LogP) is 2.40. The fourth-order valence-electron chi connectivity index (χ4n) is 2.38. The van der Waals surface area contributed by atoms with Crippen molar-refractivity contribution in [2.24, 2.45) is 0 Å². The van der Waals surface area contributed by atoms with Crippen LogP contribution in [0.4, 0.5) is 8.78 Å². The fourth-order valence-corrected chi connectivity index (χ4v) is 2.38. The molecule has 0 aliphatic carbocycles. The summed E-state index contributed by atoms with van der Waals surface area (Å²) in [6, 6.07) is 0.816. The predicted molar refractivity (Wildman–Crippen MR) is 57.4 cm³/mol. The average molecular weight is 272 g/mol. The number of carbonyl (C=O) groups is 1. The van der Waals surface area contributed by atoms with Gasteiger partial charge < -0.3 is 19.3 Å². The van der Waals surface area contributed by atoms with Gasteiger partial charge in [-0.05, 0) is 12.8 Å². The standard InChI is InChI=1S/C12H10F2O5/c13-5-4-7-10(19-12(14)18-7)9(8(5)11(15)16)6-2-1-3-17-6/h4,6,12H,1-3H2,(H,15,16). The molecular weight excluding hydrogens is 262 g/mol. The lowest BCUT2D eigenvalue weighted by Crippen LogP contribution is -2.12. The summed E-state index contributed by atoms with van der Waals surface area (Å²) in [5.74, 6) is -2.66. The smallest absolute Gasteiger partial charge is 0.397 e. The first-order valence-electron chi connectivity index (χ1n) is 5.76. The van der Waals surface area contributed by atoms with E-state index in [9.17, 15) is 13.6 Å². The maximum absolute atomic E-state index is 13.8. The van der Waals surface area contributed by atoms with Crippen molar-refractivity contribution in [1.29, 1.82) is 0 Å². The Labute approximate surface area is 106 Å². The van der Waals surface area contributed by atoms with Crippen LogP contribution in [0.15, 0.2) is 6.07 Å². The Morgan fingerprint density at radius 1 is 1.42 bits per heavy atom. The minimum Gasteiger partial charge on any atom is -0.478 e. The Kier molecular flexibility index (Phi) is 2.78. The first kappa shape index (κ1) is 12.2. The average Bonchev–Trinajstić information content (AvgIpc) is 2.94.